The summed E-state index contributed by atoms with van der Waals surface area (Å²) in [7, 11) is 0. The highest BCUT2D eigenvalue weighted by molar-refractivity contribution is 5.70. The summed E-state index contributed by atoms with van der Waals surface area (Å²) in [6, 6.07) is 7.60. The first kappa shape index (κ1) is 21.1. The number of pyridine rings is 1. The summed E-state index contributed by atoms with van der Waals surface area (Å²) in [6.07, 6.45) is 10.5. The van der Waals surface area contributed by atoms with E-state index >= 15 is 0 Å². The number of nitrogens with one attached hydrogen (secondary N) is 1. The van der Waals surface area contributed by atoms with E-state index in [1.54, 1.807) is 6.07 Å². The normalized spacial score (nSPS) is 16.8. The minimum absolute atomic E-state index is 0.113. The number of hydrogen-bond donors (Lipinski definition) is 1. The van der Waals surface area contributed by atoms with Gasteiger partial charge in [-0.15, -0.1) is 0 Å². The van der Waals surface area contributed by atoms with Gasteiger partial charge in [0.25, 0.3) is 5.56 Å². The smallest absolute Gasteiger partial charge is 0.259 e. The Morgan fingerprint density at radius 3 is 2.52 bits per heavy atom. The summed E-state index contributed by atoms with van der Waals surface area (Å²) in [5.41, 5.74) is 1.23. The number of nitrogens with zero attached hydrogens (tertiary/aromatic N) is 4. The molecule has 0 bridgehead atoms. The van der Waals surface area contributed by atoms with E-state index in [-0.39, 0.29) is 22.8 Å². The second kappa shape index (κ2) is 9.02. The van der Waals surface area contributed by atoms with E-state index < -0.39 is 11.4 Å². The Hall–Kier alpha value is -3.73. The van der Waals surface area contributed by atoms with Gasteiger partial charge in [0.15, 0.2) is 0 Å². The van der Waals surface area contributed by atoms with E-state index in [4.69, 9.17) is 10.00 Å². The maximum atomic E-state index is 14.6. The molecule has 33 heavy (non-hydrogen) atoms. The van der Waals surface area contributed by atoms with Crippen molar-refractivity contribution in [3.05, 3.63) is 70.2 Å². The number of anilines is 1. The third kappa shape index (κ3) is 4.31. The zero-order valence-corrected chi connectivity index (χ0v) is 18.1. The predicted molar refractivity (Wildman–Crippen MR) is 122 cm³/mol. The van der Waals surface area contributed by atoms with Crippen LogP contribution in [0.15, 0.2) is 47.7 Å². The summed E-state index contributed by atoms with van der Waals surface area (Å²) < 4.78 is 20.8. The monoisotopic (exact) mass is 445 g/mol. The predicted octanol–water partition coefficient (Wildman–Crippen LogP) is 4.16. The topological polar surface area (TPSA) is 94.9 Å². The third-order valence-electron chi connectivity index (χ3n) is 6.54. The molecule has 3 aromatic rings. The fourth-order valence-corrected chi connectivity index (χ4v) is 4.40. The lowest BCUT2D eigenvalue weighted by Crippen LogP contribution is -2.39. The second-order valence-corrected chi connectivity index (χ2v) is 8.60. The molecule has 1 aromatic carbocycles. The van der Waals surface area contributed by atoms with Crippen molar-refractivity contribution in [1.29, 1.82) is 5.26 Å². The number of aromatic amines is 1. The zero-order valence-electron chi connectivity index (χ0n) is 18.1. The summed E-state index contributed by atoms with van der Waals surface area (Å²) in [6.45, 7) is 1.47. The molecule has 168 valence electrons. The number of ether oxygens (including phenoxy) is 1. The van der Waals surface area contributed by atoms with Gasteiger partial charge >= 0.3 is 0 Å². The standard InChI is InChI=1S/C25H24FN5O2/c26-21-12-16(13-27)4-5-20(21)23-22(6-9-28-24(23)32)33-19-7-10-31(11-8-19)25-29-14-18(15-30-25)17-2-1-3-17/h4-6,9,12,14-15,17,19H,1-3,7-8,10-11H2,(H,28,32). The molecule has 2 aromatic heterocycles. The van der Waals surface area contributed by atoms with Gasteiger partial charge in [0, 0.05) is 50.1 Å². The largest absolute Gasteiger partial charge is 0.489 e. The highest BCUT2D eigenvalue weighted by Gasteiger charge is 2.25. The lowest BCUT2D eigenvalue weighted by molar-refractivity contribution is 0.171. The number of halogens is 1. The summed E-state index contributed by atoms with van der Waals surface area (Å²) >= 11 is 0. The molecule has 1 saturated carbocycles. The van der Waals surface area contributed by atoms with Crippen molar-refractivity contribution in [2.24, 2.45) is 0 Å². The van der Waals surface area contributed by atoms with Crippen molar-refractivity contribution in [1.82, 2.24) is 15.0 Å². The van der Waals surface area contributed by atoms with Crippen LogP contribution in [0.2, 0.25) is 0 Å². The average Bonchev–Trinajstić information content (AvgIpc) is 2.80. The fraction of sp³-hybridized carbons (Fsp3) is 0.360. The van der Waals surface area contributed by atoms with Crippen LogP contribution in [0, 0.1) is 17.1 Å². The molecule has 7 nitrogen and oxygen atoms in total. The number of rotatable bonds is 5. The van der Waals surface area contributed by atoms with Crippen LogP contribution in [0.3, 0.4) is 0 Å². The van der Waals surface area contributed by atoms with Crippen LogP contribution in [0.4, 0.5) is 10.3 Å². The Morgan fingerprint density at radius 2 is 1.88 bits per heavy atom. The van der Waals surface area contributed by atoms with Crippen LogP contribution >= 0.6 is 0 Å². The van der Waals surface area contributed by atoms with Crippen LogP contribution < -0.4 is 15.2 Å². The first-order valence-electron chi connectivity index (χ1n) is 11.3. The zero-order chi connectivity index (χ0) is 22.8. The van der Waals surface area contributed by atoms with E-state index in [9.17, 15) is 9.18 Å². The van der Waals surface area contributed by atoms with E-state index in [1.165, 1.54) is 43.2 Å². The highest BCUT2D eigenvalue weighted by Crippen LogP contribution is 2.36. The van der Waals surface area contributed by atoms with Crippen molar-refractivity contribution in [3.63, 3.8) is 0 Å². The van der Waals surface area contributed by atoms with Gasteiger partial charge in [-0.2, -0.15) is 5.26 Å². The number of nitriles is 1. The van der Waals surface area contributed by atoms with E-state index in [0.29, 0.717) is 11.7 Å². The molecule has 1 aliphatic carbocycles. The molecule has 0 radical (unpaired) electrons. The van der Waals surface area contributed by atoms with Gasteiger partial charge in [-0.3, -0.25) is 4.79 Å². The van der Waals surface area contributed by atoms with Crippen LogP contribution in [-0.2, 0) is 0 Å². The van der Waals surface area contributed by atoms with Gasteiger partial charge in [0.05, 0.1) is 17.2 Å². The molecule has 3 heterocycles. The Bertz CT molecular complexity index is 1240. The van der Waals surface area contributed by atoms with Crippen molar-refractivity contribution in [2.75, 3.05) is 18.0 Å². The molecule has 1 aliphatic heterocycles. The third-order valence-corrected chi connectivity index (χ3v) is 6.54. The number of piperidine rings is 1. The summed E-state index contributed by atoms with van der Waals surface area (Å²) in [4.78, 5) is 26.4. The van der Waals surface area contributed by atoms with E-state index in [1.807, 2.05) is 18.5 Å². The SMILES string of the molecule is N#Cc1ccc(-c2c(OC3CCN(c4ncc(C5CCC5)cn4)CC3)cc[nH]c2=O)c(F)c1. The van der Waals surface area contributed by atoms with Crippen LogP contribution in [0.1, 0.15) is 49.1 Å². The lowest BCUT2D eigenvalue weighted by Gasteiger charge is -2.32. The first-order valence-corrected chi connectivity index (χ1v) is 11.3. The van der Waals surface area contributed by atoms with Crippen molar-refractivity contribution in [3.8, 4) is 22.9 Å². The number of hydrogen-bond acceptors (Lipinski definition) is 6. The summed E-state index contributed by atoms with van der Waals surface area (Å²) in [5, 5.41) is 8.98. The average molecular weight is 445 g/mol. The lowest BCUT2D eigenvalue weighted by atomic mass is 9.81. The minimum Gasteiger partial charge on any atom is -0.489 e. The minimum atomic E-state index is -0.632. The molecule has 5 rings (SSSR count). The molecule has 0 unspecified atom stereocenters. The molecule has 0 atom stereocenters. The number of aromatic nitrogens is 3. The van der Waals surface area contributed by atoms with Crippen LogP contribution in [-0.4, -0.2) is 34.1 Å². The molecule has 0 amide bonds. The van der Waals surface area contributed by atoms with Gasteiger partial charge in [-0.25, -0.2) is 14.4 Å². The van der Waals surface area contributed by atoms with Gasteiger partial charge < -0.3 is 14.6 Å². The quantitative estimate of drug-likeness (QED) is 0.634. The molecule has 0 spiro atoms. The van der Waals surface area contributed by atoms with Crippen LogP contribution in [0.25, 0.3) is 11.1 Å². The number of benzene rings is 1. The van der Waals surface area contributed by atoms with Gasteiger partial charge in [-0.05, 0) is 48.6 Å². The van der Waals surface area contributed by atoms with Crippen molar-refractivity contribution >= 4 is 5.95 Å². The van der Waals surface area contributed by atoms with Gasteiger partial charge in [0.2, 0.25) is 5.95 Å². The maximum absolute atomic E-state index is 14.6. The molecular weight excluding hydrogens is 421 g/mol. The Labute approximate surface area is 190 Å². The van der Waals surface area contributed by atoms with E-state index in [2.05, 4.69) is 19.9 Å². The number of H-pyrrole nitrogens is 1. The fourth-order valence-electron chi connectivity index (χ4n) is 4.40. The summed E-state index contributed by atoms with van der Waals surface area (Å²) in [5.74, 6) is 1.05. The molecule has 2 aliphatic rings. The van der Waals surface area contributed by atoms with Crippen LogP contribution in [0.5, 0.6) is 5.75 Å². The highest BCUT2D eigenvalue weighted by atomic mass is 19.1. The molecule has 1 N–H and O–H groups in total. The first-order chi connectivity index (χ1) is 16.1. The van der Waals surface area contributed by atoms with Gasteiger partial charge in [-0.1, -0.05) is 6.42 Å². The maximum Gasteiger partial charge on any atom is 0.259 e. The van der Waals surface area contributed by atoms with Crippen molar-refractivity contribution < 1.29 is 9.13 Å². The Morgan fingerprint density at radius 1 is 1.12 bits per heavy atom. The molecule has 1 saturated heterocycles. The van der Waals surface area contributed by atoms with Gasteiger partial charge in [0.1, 0.15) is 17.7 Å². The Kier molecular flexibility index (Phi) is 5.78. The molecule has 8 heteroatoms. The second-order valence-electron chi connectivity index (χ2n) is 8.60. The molecule has 2 fully saturated rings. The molecular formula is C25H24FN5O2. The van der Waals surface area contributed by atoms with Crippen molar-refractivity contribution in [2.45, 2.75) is 44.1 Å². The van der Waals surface area contributed by atoms with E-state index in [0.717, 1.165) is 37.9 Å². The Balaban J connectivity index is 1.28.